The van der Waals surface area contributed by atoms with Crippen molar-refractivity contribution < 1.29 is 9.53 Å². The standard InChI is InChI=1S/C17H31NO2/c1-4-20-16(19)13-6-5-7-15(12-13)18-14-8-10-17(2,3)11-9-14/h13-15,18H,4-12H2,1-3H3. The Bertz CT molecular complexity index is 317. The monoisotopic (exact) mass is 281 g/mol. The molecule has 0 aromatic carbocycles. The van der Waals surface area contributed by atoms with E-state index in [1.165, 1.54) is 32.1 Å². The van der Waals surface area contributed by atoms with Gasteiger partial charge in [-0.15, -0.1) is 0 Å². The second-order valence-corrected chi connectivity index (χ2v) is 7.42. The minimum Gasteiger partial charge on any atom is -0.466 e. The Hall–Kier alpha value is -0.570. The molecule has 2 fully saturated rings. The number of hydrogen-bond acceptors (Lipinski definition) is 3. The summed E-state index contributed by atoms with van der Waals surface area (Å²) in [4.78, 5) is 11.9. The van der Waals surface area contributed by atoms with E-state index >= 15 is 0 Å². The van der Waals surface area contributed by atoms with Crippen molar-refractivity contribution in [1.82, 2.24) is 5.32 Å². The van der Waals surface area contributed by atoms with Crippen LogP contribution in [0, 0.1) is 11.3 Å². The van der Waals surface area contributed by atoms with Crippen molar-refractivity contribution in [3.63, 3.8) is 0 Å². The summed E-state index contributed by atoms with van der Waals surface area (Å²) in [6, 6.07) is 1.18. The molecule has 0 saturated heterocycles. The highest BCUT2D eigenvalue weighted by molar-refractivity contribution is 5.72. The van der Waals surface area contributed by atoms with Gasteiger partial charge in [0.2, 0.25) is 0 Å². The fourth-order valence-corrected chi connectivity index (χ4v) is 3.71. The van der Waals surface area contributed by atoms with Crippen LogP contribution in [-0.2, 0) is 9.53 Å². The van der Waals surface area contributed by atoms with Crippen LogP contribution in [0.15, 0.2) is 0 Å². The zero-order valence-corrected chi connectivity index (χ0v) is 13.4. The van der Waals surface area contributed by atoms with E-state index in [1.807, 2.05) is 6.92 Å². The van der Waals surface area contributed by atoms with E-state index in [0.717, 1.165) is 19.3 Å². The lowest BCUT2D eigenvalue weighted by Gasteiger charge is -2.38. The SMILES string of the molecule is CCOC(=O)C1CCCC(NC2CCC(C)(C)CC2)C1. The fourth-order valence-electron chi connectivity index (χ4n) is 3.71. The number of carbonyl (C=O) groups is 1. The molecule has 0 aromatic heterocycles. The lowest BCUT2D eigenvalue weighted by atomic mass is 9.75. The molecule has 0 aliphatic heterocycles. The molecular formula is C17H31NO2. The van der Waals surface area contributed by atoms with Crippen LogP contribution < -0.4 is 5.32 Å². The molecule has 2 unspecified atom stereocenters. The summed E-state index contributed by atoms with van der Waals surface area (Å²) in [5.74, 6) is 0.144. The van der Waals surface area contributed by atoms with E-state index in [0.29, 0.717) is 24.1 Å². The third-order valence-electron chi connectivity index (χ3n) is 5.10. The number of rotatable bonds is 4. The Morgan fingerprint density at radius 3 is 2.50 bits per heavy atom. The first-order valence-corrected chi connectivity index (χ1v) is 8.43. The normalized spacial score (nSPS) is 30.9. The summed E-state index contributed by atoms with van der Waals surface area (Å²) in [5.41, 5.74) is 0.526. The first kappa shape index (κ1) is 15.8. The third kappa shape index (κ3) is 4.47. The van der Waals surface area contributed by atoms with Gasteiger partial charge < -0.3 is 10.1 Å². The molecule has 20 heavy (non-hydrogen) atoms. The van der Waals surface area contributed by atoms with E-state index in [2.05, 4.69) is 19.2 Å². The Morgan fingerprint density at radius 2 is 1.85 bits per heavy atom. The van der Waals surface area contributed by atoms with Crippen molar-refractivity contribution >= 4 is 5.97 Å². The molecular weight excluding hydrogens is 250 g/mol. The Morgan fingerprint density at radius 1 is 1.15 bits per heavy atom. The van der Waals surface area contributed by atoms with E-state index < -0.39 is 0 Å². The quantitative estimate of drug-likeness (QED) is 0.799. The van der Waals surface area contributed by atoms with Crippen molar-refractivity contribution in [3.8, 4) is 0 Å². The van der Waals surface area contributed by atoms with Gasteiger partial charge in [-0.25, -0.2) is 0 Å². The molecule has 2 aliphatic carbocycles. The van der Waals surface area contributed by atoms with E-state index in [-0.39, 0.29) is 11.9 Å². The van der Waals surface area contributed by atoms with Crippen molar-refractivity contribution in [2.24, 2.45) is 11.3 Å². The van der Waals surface area contributed by atoms with Gasteiger partial charge in [0, 0.05) is 12.1 Å². The second kappa shape index (κ2) is 6.93. The predicted molar refractivity (Wildman–Crippen MR) is 81.6 cm³/mol. The summed E-state index contributed by atoms with van der Waals surface area (Å²) in [6.07, 6.45) is 9.56. The van der Waals surface area contributed by atoms with Crippen molar-refractivity contribution in [2.45, 2.75) is 84.2 Å². The van der Waals surface area contributed by atoms with Gasteiger partial charge in [0.15, 0.2) is 0 Å². The Labute approximate surface area is 123 Å². The molecule has 2 rings (SSSR count). The van der Waals surface area contributed by atoms with Crippen LogP contribution in [0.2, 0.25) is 0 Å². The highest BCUT2D eigenvalue weighted by Crippen LogP contribution is 2.36. The van der Waals surface area contributed by atoms with Crippen LogP contribution in [0.1, 0.15) is 72.1 Å². The molecule has 3 heteroatoms. The first-order chi connectivity index (χ1) is 9.50. The topological polar surface area (TPSA) is 38.3 Å². The lowest BCUT2D eigenvalue weighted by Crippen LogP contribution is -2.44. The smallest absolute Gasteiger partial charge is 0.308 e. The van der Waals surface area contributed by atoms with Gasteiger partial charge in [0.1, 0.15) is 0 Å². The molecule has 1 N–H and O–H groups in total. The molecule has 0 amide bonds. The summed E-state index contributed by atoms with van der Waals surface area (Å²) in [7, 11) is 0. The van der Waals surface area contributed by atoms with Gasteiger partial charge in [-0.3, -0.25) is 4.79 Å². The number of ether oxygens (including phenoxy) is 1. The van der Waals surface area contributed by atoms with E-state index in [1.54, 1.807) is 0 Å². The minimum absolute atomic E-state index is 0.0174. The summed E-state index contributed by atoms with van der Waals surface area (Å²) in [6.45, 7) is 7.15. The molecule has 0 radical (unpaired) electrons. The molecule has 0 spiro atoms. The highest BCUT2D eigenvalue weighted by atomic mass is 16.5. The first-order valence-electron chi connectivity index (χ1n) is 8.43. The summed E-state index contributed by atoms with van der Waals surface area (Å²) in [5, 5.41) is 3.81. The van der Waals surface area contributed by atoms with Gasteiger partial charge in [-0.2, -0.15) is 0 Å². The highest BCUT2D eigenvalue weighted by Gasteiger charge is 2.32. The maximum Gasteiger partial charge on any atom is 0.308 e. The third-order valence-corrected chi connectivity index (χ3v) is 5.10. The average Bonchev–Trinajstić information content (AvgIpc) is 2.42. The van der Waals surface area contributed by atoms with Gasteiger partial charge in [-0.05, 0) is 57.3 Å². The molecule has 2 saturated carbocycles. The lowest BCUT2D eigenvalue weighted by molar-refractivity contribution is -0.149. The van der Waals surface area contributed by atoms with Crippen LogP contribution >= 0.6 is 0 Å². The Kier molecular flexibility index (Phi) is 5.48. The molecule has 2 atom stereocenters. The zero-order chi connectivity index (χ0) is 14.6. The largest absolute Gasteiger partial charge is 0.466 e. The summed E-state index contributed by atoms with van der Waals surface area (Å²) < 4.78 is 5.18. The number of nitrogens with one attached hydrogen (secondary N) is 1. The van der Waals surface area contributed by atoms with Crippen molar-refractivity contribution in [2.75, 3.05) is 6.61 Å². The van der Waals surface area contributed by atoms with Crippen molar-refractivity contribution in [3.05, 3.63) is 0 Å². The summed E-state index contributed by atoms with van der Waals surface area (Å²) >= 11 is 0. The van der Waals surface area contributed by atoms with Crippen LogP contribution in [-0.4, -0.2) is 24.7 Å². The molecule has 2 aliphatic rings. The average molecular weight is 281 g/mol. The molecule has 0 aromatic rings. The maximum atomic E-state index is 11.9. The molecule has 0 bridgehead atoms. The van der Waals surface area contributed by atoms with E-state index in [9.17, 15) is 4.79 Å². The number of hydrogen-bond donors (Lipinski definition) is 1. The molecule has 0 heterocycles. The van der Waals surface area contributed by atoms with Crippen LogP contribution in [0.3, 0.4) is 0 Å². The minimum atomic E-state index is 0.0174. The van der Waals surface area contributed by atoms with Gasteiger partial charge in [0.25, 0.3) is 0 Å². The van der Waals surface area contributed by atoms with Crippen LogP contribution in [0.5, 0.6) is 0 Å². The predicted octanol–water partition coefficient (Wildman–Crippen LogP) is 3.67. The second-order valence-electron chi connectivity index (χ2n) is 7.42. The fraction of sp³-hybridized carbons (Fsp3) is 0.941. The van der Waals surface area contributed by atoms with E-state index in [4.69, 9.17) is 4.74 Å². The molecule has 3 nitrogen and oxygen atoms in total. The van der Waals surface area contributed by atoms with Crippen LogP contribution in [0.4, 0.5) is 0 Å². The molecule has 116 valence electrons. The van der Waals surface area contributed by atoms with Gasteiger partial charge in [-0.1, -0.05) is 20.3 Å². The Balaban J connectivity index is 1.77. The van der Waals surface area contributed by atoms with Gasteiger partial charge >= 0.3 is 5.97 Å². The van der Waals surface area contributed by atoms with Gasteiger partial charge in [0.05, 0.1) is 12.5 Å². The van der Waals surface area contributed by atoms with Crippen molar-refractivity contribution in [1.29, 1.82) is 0 Å². The maximum absolute atomic E-state index is 11.9. The van der Waals surface area contributed by atoms with Crippen LogP contribution in [0.25, 0.3) is 0 Å². The zero-order valence-electron chi connectivity index (χ0n) is 13.4. The number of carbonyl (C=O) groups excluding carboxylic acids is 1. The number of esters is 1.